The first-order valence-corrected chi connectivity index (χ1v) is 7.21. The van der Waals surface area contributed by atoms with Crippen LogP contribution in [-0.2, 0) is 0 Å². The van der Waals surface area contributed by atoms with Gasteiger partial charge in [0.2, 0.25) is 0 Å². The molecule has 25 heavy (non-hydrogen) atoms. The second kappa shape index (κ2) is 5.78. The molecule has 0 aliphatic carbocycles. The van der Waals surface area contributed by atoms with Crippen molar-refractivity contribution in [2.24, 2.45) is 0 Å². The molecule has 0 saturated heterocycles. The largest absolute Gasteiger partial charge is 0.309 e. The van der Waals surface area contributed by atoms with E-state index in [1.165, 1.54) is 23.0 Å². The molecule has 4 aromatic rings. The molecule has 1 aromatic carbocycles. The summed E-state index contributed by atoms with van der Waals surface area (Å²) in [4.78, 5) is 23.9. The van der Waals surface area contributed by atoms with Gasteiger partial charge in [0.05, 0.1) is 17.2 Å². The lowest BCUT2D eigenvalue weighted by Gasteiger charge is -2.12. The van der Waals surface area contributed by atoms with Crippen molar-refractivity contribution in [2.75, 3.05) is 5.43 Å². The first kappa shape index (κ1) is 14.9. The van der Waals surface area contributed by atoms with Gasteiger partial charge < -0.3 is 4.40 Å². The summed E-state index contributed by atoms with van der Waals surface area (Å²) in [6, 6.07) is 5.29. The lowest BCUT2D eigenvalue weighted by atomic mass is 10.2. The number of hydrogen-bond donors (Lipinski definition) is 2. The summed E-state index contributed by atoms with van der Waals surface area (Å²) >= 11 is 0. The van der Waals surface area contributed by atoms with E-state index >= 15 is 0 Å². The van der Waals surface area contributed by atoms with E-state index in [9.17, 15) is 13.6 Å². The second-order valence-electron chi connectivity index (χ2n) is 5.15. The maximum absolute atomic E-state index is 14.1. The fourth-order valence-corrected chi connectivity index (χ4v) is 2.51. The Morgan fingerprint density at radius 1 is 1.20 bits per heavy atom. The third-order valence-corrected chi connectivity index (χ3v) is 3.56. The Kier molecular flexibility index (Phi) is 3.46. The van der Waals surface area contributed by atoms with Crippen molar-refractivity contribution in [3.8, 4) is 0 Å². The minimum Gasteiger partial charge on any atom is -0.309 e. The Morgan fingerprint density at radius 2 is 2.08 bits per heavy atom. The van der Waals surface area contributed by atoms with Crippen LogP contribution in [0.3, 0.4) is 0 Å². The first-order valence-electron chi connectivity index (χ1n) is 7.21. The van der Waals surface area contributed by atoms with Gasteiger partial charge in [0.15, 0.2) is 11.6 Å². The summed E-state index contributed by atoms with van der Waals surface area (Å²) in [7, 11) is 0. The van der Waals surface area contributed by atoms with Gasteiger partial charge in [-0.25, -0.2) is 18.7 Å². The standard InChI is InChI=1S/C16H10F2N6O/c17-9-6-10(18)14-11(7-9)21-15(13-2-1-5-24(13)14)22-23-16(25)12-8-19-3-4-20-12/h1-8H,(H,21,22)(H,23,25). The van der Waals surface area contributed by atoms with Gasteiger partial charge in [-0.15, -0.1) is 0 Å². The maximum atomic E-state index is 14.1. The monoisotopic (exact) mass is 340 g/mol. The highest BCUT2D eigenvalue weighted by Gasteiger charge is 2.14. The number of hydrazine groups is 1. The quantitative estimate of drug-likeness (QED) is 0.559. The number of amides is 1. The number of hydrogen-bond acceptors (Lipinski definition) is 5. The van der Waals surface area contributed by atoms with Crippen molar-refractivity contribution >= 4 is 28.3 Å². The molecule has 124 valence electrons. The summed E-state index contributed by atoms with van der Waals surface area (Å²) in [5, 5.41) is 0. The fourth-order valence-electron chi connectivity index (χ4n) is 2.51. The lowest BCUT2D eigenvalue weighted by molar-refractivity contribution is 0.0957. The Bertz CT molecular complexity index is 1100. The van der Waals surface area contributed by atoms with Crippen molar-refractivity contribution in [2.45, 2.75) is 0 Å². The zero-order chi connectivity index (χ0) is 17.4. The summed E-state index contributed by atoms with van der Waals surface area (Å²) < 4.78 is 29.1. The molecule has 0 bridgehead atoms. The Labute approximate surface area is 139 Å². The number of nitrogens with zero attached hydrogens (tertiary/aromatic N) is 4. The average Bonchev–Trinajstić information content (AvgIpc) is 3.09. The van der Waals surface area contributed by atoms with Gasteiger partial charge in [-0.3, -0.25) is 20.6 Å². The highest BCUT2D eigenvalue weighted by Crippen LogP contribution is 2.24. The molecule has 7 nitrogen and oxygen atoms in total. The zero-order valence-corrected chi connectivity index (χ0v) is 12.6. The topological polar surface area (TPSA) is 84.2 Å². The molecule has 0 radical (unpaired) electrons. The van der Waals surface area contributed by atoms with E-state index in [2.05, 4.69) is 25.8 Å². The third kappa shape index (κ3) is 2.61. The van der Waals surface area contributed by atoms with Gasteiger partial charge in [0.25, 0.3) is 5.91 Å². The molecule has 4 rings (SSSR count). The number of carbonyl (C=O) groups excluding carboxylic acids is 1. The maximum Gasteiger partial charge on any atom is 0.289 e. The van der Waals surface area contributed by atoms with Crippen molar-refractivity contribution < 1.29 is 13.6 Å². The predicted octanol–water partition coefficient (Wildman–Crippen LogP) is 2.31. The number of nitrogens with one attached hydrogen (secondary N) is 2. The first-order chi connectivity index (χ1) is 12.1. The molecule has 3 aromatic heterocycles. The molecule has 0 saturated carbocycles. The van der Waals surface area contributed by atoms with E-state index in [4.69, 9.17) is 0 Å². The second-order valence-corrected chi connectivity index (χ2v) is 5.15. The van der Waals surface area contributed by atoms with Gasteiger partial charge in [-0.1, -0.05) is 0 Å². The van der Waals surface area contributed by atoms with Crippen LogP contribution in [0.1, 0.15) is 10.5 Å². The Balaban J connectivity index is 1.74. The van der Waals surface area contributed by atoms with Crippen LogP contribution in [0.5, 0.6) is 0 Å². The molecule has 3 heterocycles. The number of benzene rings is 1. The van der Waals surface area contributed by atoms with Crippen molar-refractivity contribution in [3.63, 3.8) is 0 Å². The van der Waals surface area contributed by atoms with Crippen molar-refractivity contribution in [1.29, 1.82) is 0 Å². The number of rotatable bonds is 3. The molecule has 2 N–H and O–H groups in total. The molecule has 0 aliphatic heterocycles. The smallest absolute Gasteiger partial charge is 0.289 e. The minimum absolute atomic E-state index is 0.109. The fraction of sp³-hybridized carbons (Fsp3) is 0. The molecule has 0 aliphatic rings. The van der Waals surface area contributed by atoms with Crippen molar-refractivity contribution in [1.82, 2.24) is 24.8 Å². The molecular weight excluding hydrogens is 330 g/mol. The van der Waals surface area contributed by atoms with Gasteiger partial charge in [0.1, 0.15) is 17.0 Å². The van der Waals surface area contributed by atoms with E-state index in [0.29, 0.717) is 5.52 Å². The van der Waals surface area contributed by atoms with Crippen LogP contribution in [0.15, 0.2) is 49.1 Å². The average molecular weight is 340 g/mol. The summed E-state index contributed by atoms with van der Waals surface area (Å²) in [5.74, 6) is -1.75. The van der Waals surface area contributed by atoms with E-state index in [0.717, 1.165) is 12.1 Å². The van der Waals surface area contributed by atoms with Crippen LogP contribution < -0.4 is 10.9 Å². The highest BCUT2D eigenvalue weighted by atomic mass is 19.1. The number of fused-ring (bicyclic) bond motifs is 3. The SMILES string of the molecule is O=C(NNc1nc2cc(F)cc(F)c2n2cccc12)c1cnccn1. The lowest BCUT2D eigenvalue weighted by Crippen LogP contribution is -2.30. The van der Waals surface area contributed by atoms with E-state index in [-0.39, 0.29) is 22.5 Å². The molecular formula is C16H10F2N6O. The van der Waals surface area contributed by atoms with Crippen molar-refractivity contribution in [3.05, 3.63) is 66.4 Å². The molecule has 0 spiro atoms. The number of halogens is 2. The van der Waals surface area contributed by atoms with Gasteiger partial charge in [-0.05, 0) is 12.1 Å². The summed E-state index contributed by atoms with van der Waals surface area (Å²) in [6.07, 6.45) is 5.76. The molecule has 9 heteroatoms. The predicted molar refractivity (Wildman–Crippen MR) is 85.7 cm³/mol. The normalized spacial score (nSPS) is 11.0. The summed E-state index contributed by atoms with van der Waals surface area (Å²) in [6.45, 7) is 0. The van der Waals surface area contributed by atoms with Gasteiger partial charge in [-0.2, -0.15) is 0 Å². The van der Waals surface area contributed by atoms with Crippen LogP contribution in [-0.4, -0.2) is 25.3 Å². The van der Waals surface area contributed by atoms with Crippen LogP contribution in [0.4, 0.5) is 14.6 Å². The molecule has 1 amide bonds. The molecule has 0 fully saturated rings. The van der Waals surface area contributed by atoms with E-state index in [1.807, 2.05) is 0 Å². The zero-order valence-electron chi connectivity index (χ0n) is 12.6. The van der Waals surface area contributed by atoms with Crippen LogP contribution in [0, 0.1) is 11.6 Å². The molecule has 0 unspecified atom stereocenters. The molecule has 0 atom stereocenters. The third-order valence-electron chi connectivity index (χ3n) is 3.56. The number of aromatic nitrogens is 4. The summed E-state index contributed by atoms with van der Waals surface area (Å²) in [5.41, 5.74) is 5.97. The van der Waals surface area contributed by atoms with Crippen LogP contribution in [0.2, 0.25) is 0 Å². The van der Waals surface area contributed by atoms with Crippen LogP contribution >= 0.6 is 0 Å². The van der Waals surface area contributed by atoms with E-state index in [1.54, 1.807) is 18.3 Å². The number of carbonyl (C=O) groups is 1. The Hall–Kier alpha value is -3.62. The van der Waals surface area contributed by atoms with E-state index < -0.39 is 17.5 Å². The highest BCUT2D eigenvalue weighted by molar-refractivity contribution is 5.93. The Morgan fingerprint density at radius 3 is 2.88 bits per heavy atom. The van der Waals surface area contributed by atoms with Gasteiger partial charge >= 0.3 is 0 Å². The van der Waals surface area contributed by atoms with Gasteiger partial charge in [0, 0.05) is 30.7 Å². The minimum atomic E-state index is -0.737. The van der Waals surface area contributed by atoms with Crippen LogP contribution in [0.25, 0.3) is 16.6 Å². The number of anilines is 1.